The second-order valence-electron chi connectivity index (χ2n) is 8.16. The van der Waals surface area contributed by atoms with Crippen LogP contribution in [0.5, 0.6) is 0 Å². The van der Waals surface area contributed by atoms with Crippen molar-refractivity contribution in [3.05, 3.63) is 24.3 Å². The van der Waals surface area contributed by atoms with E-state index in [-0.39, 0.29) is 18.2 Å². The van der Waals surface area contributed by atoms with Crippen molar-refractivity contribution >= 4 is 39.2 Å². The number of nitrogens with one attached hydrogen (secondary N) is 1. The minimum Gasteiger partial charge on any atom is -0.325 e. The van der Waals surface area contributed by atoms with E-state index in [0.717, 1.165) is 24.2 Å². The average Bonchev–Trinajstić information content (AvgIpc) is 3.16. The molecule has 1 aromatic rings. The number of anilines is 2. The number of urea groups is 1. The molecule has 0 aromatic heterocycles. The molecule has 0 radical (unpaired) electrons. The molecule has 0 atom stereocenters. The number of hydrogen-bond acceptors (Lipinski definition) is 5. The maximum Gasteiger partial charge on any atom is 0.327 e. The van der Waals surface area contributed by atoms with Gasteiger partial charge in [0, 0.05) is 19.3 Å². The van der Waals surface area contributed by atoms with E-state index in [2.05, 4.69) is 5.32 Å². The second-order valence-corrected chi connectivity index (χ2v) is 10.2. The molecular weight excluding hydrogens is 408 g/mol. The maximum atomic E-state index is 13.0. The highest BCUT2D eigenvalue weighted by atomic mass is 32.2. The van der Waals surface area contributed by atoms with Crippen molar-refractivity contribution in [3.8, 4) is 0 Å². The van der Waals surface area contributed by atoms with Gasteiger partial charge in [0.25, 0.3) is 5.91 Å². The zero-order valence-corrected chi connectivity index (χ0v) is 17.8. The van der Waals surface area contributed by atoms with Gasteiger partial charge in [0.05, 0.1) is 11.4 Å². The minimum absolute atomic E-state index is 0.138. The van der Waals surface area contributed by atoms with Crippen molar-refractivity contribution in [2.75, 3.05) is 35.5 Å². The molecule has 4 rings (SSSR count). The van der Waals surface area contributed by atoms with E-state index in [0.29, 0.717) is 37.2 Å². The van der Waals surface area contributed by atoms with Crippen molar-refractivity contribution in [1.82, 2.24) is 9.80 Å². The van der Waals surface area contributed by atoms with Gasteiger partial charge in [-0.2, -0.15) is 0 Å². The summed E-state index contributed by atoms with van der Waals surface area (Å²) < 4.78 is 25.4. The first-order valence-corrected chi connectivity index (χ1v) is 11.9. The molecule has 1 aromatic carbocycles. The molecule has 162 valence electrons. The molecule has 1 saturated carbocycles. The van der Waals surface area contributed by atoms with Crippen molar-refractivity contribution in [1.29, 1.82) is 0 Å². The van der Waals surface area contributed by atoms with Gasteiger partial charge in [-0.05, 0) is 43.5 Å². The first kappa shape index (κ1) is 20.6. The molecule has 30 heavy (non-hydrogen) atoms. The van der Waals surface area contributed by atoms with Crippen LogP contribution in [0.4, 0.5) is 16.2 Å². The van der Waals surface area contributed by atoms with Crippen molar-refractivity contribution in [2.45, 2.75) is 44.1 Å². The van der Waals surface area contributed by atoms with Crippen LogP contribution in [-0.2, 0) is 19.6 Å². The third kappa shape index (κ3) is 3.42. The van der Waals surface area contributed by atoms with Crippen LogP contribution in [0.3, 0.4) is 0 Å². The normalized spacial score (nSPS) is 22.8. The molecule has 2 heterocycles. The number of nitrogens with zero attached hydrogens (tertiary/aromatic N) is 3. The van der Waals surface area contributed by atoms with E-state index in [4.69, 9.17) is 0 Å². The molecule has 2 saturated heterocycles. The van der Waals surface area contributed by atoms with Crippen LogP contribution >= 0.6 is 0 Å². The molecule has 3 aliphatic rings. The molecule has 0 unspecified atom stereocenters. The first-order chi connectivity index (χ1) is 14.2. The molecule has 1 aliphatic carbocycles. The third-order valence-electron chi connectivity index (χ3n) is 6.32. The molecule has 4 amide bonds. The van der Waals surface area contributed by atoms with Gasteiger partial charge in [-0.25, -0.2) is 13.2 Å². The molecule has 2 aliphatic heterocycles. The first-order valence-electron chi connectivity index (χ1n) is 10.2. The van der Waals surface area contributed by atoms with Gasteiger partial charge in [-0.1, -0.05) is 19.3 Å². The lowest BCUT2D eigenvalue weighted by molar-refractivity contribution is -0.136. The van der Waals surface area contributed by atoms with E-state index < -0.39 is 27.5 Å². The van der Waals surface area contributed by atoms with E-state index in [1.165, 1.54) is 9.21 Å². The Morgan fingerprint density at radius 3 is 2.33 bits per heavy atom. The van der Waals surface area contributed by atoms with Crippen LogP contribution in [-0.4, -0.2) is 67.5 Å². The number of benzene rings is 1. The fourth-order valence-electron chi connectivity index (χ4n) is 4.66. The summed E-state index contributed by atoms with van der Waals surface area (Å²) >= 11 is 0. The average molecular weight is 435 g/mol. The van der Waals surface area contributed by atoms with E-state index in [1.807, 2.05) is 0 Å². The number of carbonyl (C=O) groups is 3. The van der Waals surface area contributed by atoms with E-state index >= 15 is 0 Å². The Morgan fingerprint density at radius 1 is 1.07 bits per heavy atom. The summed E-state index contributed by atoms with van der Waals surface area (Å²) in [5.41, 5.74) is 0.217. The lowest BCUT2D eigenvalue weighted by Crippen LogP contribution is -2.49. The molecule has 1 spiro atoms. The highest BCUT2D eigenvalue weighted by molar-refractivity contribution is 7.93. The quantitative estimate of drug-likeness (QED) is 0.727. The van der Waals surface area contributed by atoms with Gasteiger partial charge in [0.2, 0.25) is 15.9 Å². The molecule has 0 bridgehead atoms. The predicted molar refractivity (Wildman–Crippen MR) is 112 cm³/mol. The fraction of sp³-hybridized carbons (Fsp3) is 0.550. The number of amides is 4. The highest BCUT2D eigenvalue weighted by Gasteiger charge is 2.55. The van der Waals surface area contributed by atoms with Gasteiger partial charge in [-0.15, -0.1) is 0 Å². The smallest absolute Gasteiger partial charge is 0.325 e. The van der Waals surface area contributed by atoms with Gasteiger partial charge < -0.3 is 10.2 Å². The van der Waals surface area contributed by atoms with Crippen LogP contribution in [0.1, 0.15) is 38.5 Å². The van der Waals surface area contributed by atoms with Gasteiger partial charge >= 0.3 is 6.03 Å². The molecule has 3 fully saturated rings. The predicted octanol–water partition coefficient (Wildman–Crippen LogP) is 1.76. The maximum absolute atomic E-state index is 13.0. The number of likely N-dealkylation sites (N-methyl/N-ethyl adjacent to an activating group) is 1. The SMILES string of the molecule is CN1C(=O)N(CC(=O)Nc2ccc(N3CCCS3(=O)=O)cc2)C(=O)C12CCCCC2. The van der Waals surface area contributed by atoms with Crippen LogP contribution in [0, 0.1) is 0 Å². The number of rotatable bonds is 4. The lowest BCUT2D eigenvalue weighted by atomic mass is 9.81. The minimum atomic E-state index is -3.26. The zero-order valence-electron chi connectivity index (χ0n) is 17.0. The molecule has 1 N–H and O–H groups in total. The van der Waals surface area contributed by atoms with Crippen LogP contribution < -0.4 is 9.62 Å². The molecule has 10 heteroatoms. The van der Waals surface area contributed by atoms with Gasteiger partial charge in [0.15, 0.2) is 0 Å². The molecule has 9 nitrogen and oxygen atoms in total. The number of imide groups is 1. The largest absolute Gasteiger partial charge is 0.327 e. The fourth-order valence-corrected chi connectivity index (χ4v) is 6.22. The summed E-state index contributed by atoms with van der Waals surface area (Å²) in [4.78, 5) is 40.6. The standard InChI is InChI=1S/C20H26N4O5S/c1-22-19(27)23(18(26)20(22)10-3-2-4-11-20)14-17(25)21-15-6-8-16(9-7-15)24-12-5-13-30(24,28)29/h6-9H,2-5,10-14H2,1H3,(H,21,25). The highest BCUT2D eigenvalue weighted by Crippen LogP contribution is 2.39. The van der Waals surface area contributed by atoms with Crippen LogP contribution in [0.2, 0.25) is 0 Å². The van der Waals surface area contributed by atoms with Crippen LogP contribution in [0.25, 0.3) is 0 Å². The summed E-state index contributed by atoms with van der Waals surface area (Å²) in [7, 11) is -1.63. The summed E-state index contributed by atoms with van der Waals surface area (Å²) in [5.74, 6) is -0.627. The lowest BCUT2D eigenvalue weighted by Gasteiger charge is -2.35. The van der Waals surface area contributed by atoms with Gasteiger partial charge in [-0.3, -0.25) is 18.8 Å². The van der Waals surface area contributed by atoms with Crippen molar-refractivity contribution in [3.63, 3.8) is 0 Å². The Labute approximate surface area is 176 Å². The molecular formula is C20H26N4O5S. The number of sulfonamides is 1. The number of hydrogen-bond donors (Lipinski definition) is 1. The Morgan fingerprint density at radius 2 is 1.73 bits per heavy atom. The van der Waals surface area contributed by atoms with Crippen LogP contribution in [0.15, 0.2) is 24.3 Å². The Hall–Kier alpha value is -2.62. The van der Waals surface area contributed by atoms with E-state index in [9.17, 15) is 22.8 Å². The van der Waals surface area contributed by atoms with Gasteiger partial charge in [0.1, 0.15) is 12.1 Å². The van der Waals surface area contributed by atoms with Crippen molar-refractivity contribution in [2.24, 2.45) is 0 Å². The summed E-state index contributed by atoms with van der Waals surface area (Å²) in [5, 5.41) is 2.68. The van der Waals surface area contributed by atoms with Crippen molar-refractivity contribution < 1.29 is 22.8 Å². The Bertz CT molecular complexity index is 969. The summed E-state index contributed by atoms with van der Waals surface area (Å²) in [6, 6.07) is 6.06. The number of carbonyl (C=O) groups excluding carboxylic acids is 3. The third-order valence-corrected chi connectivity index (χ3v) is 8.19. The summed E-state index contributed by atoms with van der Waals surface area (Å²) in [6.45, 7) is 0.106. The summed E-state index contributed by atoms with van der Waals surface area (Å²) in [6.07, 6.45) is 4.69. The zero-order chi connectivity index (χ0) is 21.5. The Kier molecular flexibility index (Phi) is 5.21. The monoisotopic (exact) mass is 434 g/mol. The Balaban J connectivity index is 1.41. The second kappa shape index (κ2) is 7.57. The van der Waals surface area contributed by atoms with E-state index in [1.54, 1.807) is 31.3 Å². The topological polar surface area (TPSA) is 107 Å².